The number of hydrogen-bond donors (Lipinski definition) is 1. The molecule has 2 saturated heterocycles. The molecule has 0 aromatic rings. The highest BCUT2D eigenvalue weighted by Crippen LogP contribution is 2.45. The van der Waals surface area contributed by atoms with Crippen LogP contribution in [-0.4, -0.2) is 62.1 Å². The summed E-state index contributed by atoms with van der Waals surface area (Å²) < 4.78 is 0. The Balaban J connectivity index is 0.00000192. The van der Waals surface area contributed by atoms with E-state index in [9.17, 15) is 0 Å². The van der Waals surface area contributed by atoms with Crippen molar-refractivity contribution in [1.29, 1.82) is 0 Å². The second-order valence-corrected chi connectivity index (χ2v) is 7.82. The zero-order valence-corrected chi connectivity index (χ0v) is 17.3. The second kappa shape index (κ2) is 8.88. The quantitative estimate of drug-likeness (QED) is 0.421. The number of piperidine rings is 1. The van der Waals surface area contributed by atoms with Gasteiger partial charge in [0, 0.05) is 26.2 Å². The average Bonchev–Trinajstić information content (AvgIpc) is 3.16. The number of halogens is 1. The van der Waals surface area contributed by atoms with Crippen LogP contribution in [0, 0.1) is 11.3 Å². The molecule has 0 bridgehead atoms. The van der Waals surface area contributed by atoms with Gasteiger partial charge < -0.3 is 15.1 Å². The van der Waals surface area contributed by atoms with Crippen molar-refractivity contribution in [2.24, 2.45) is 16.3 Å². The van der Waals surface area contributed by atoms with Crippen molar-refractivity contribution >= 4 is 29.9 Å². The smallest absolute Gasteiger partial charge is 0.193 e. The van der Waals surface area contributed by atoms with Gasteiger partial charge in [-0.1, -0.05) is 12.8 Å². The molecule has 0 radical (unpaired) electrons. The van der Waals surface area contributed by atoms with E-state index in [0.717, 1.165) is 19.0 Å². The first-order chi connectivity index (χ1) is 10.7. The van der Waals surface area contributed by atoms with Crippen molar-refractivity contribution in [3.63, 3.8) is 0 Å². The number of nitrogens with zero attached hydrogens (tertiary/aromatic N) is 3. The summed E-state index contributed by atoms with van der Waals surface area (Å²) in [5.74, 6) is 1.97. The number of rotatable bonds is 3. The lowest BCUT2D eigenvalue weighted by molar-refractivity contribution is 0.223. The summed E-state index contributed by atoms with van der Waals surface area (Å²) in [7, 11) is 2.23. The summed E-state index contributed by atoms with van der Waals surface area (Å²) >= 11 is 0. The zero-order valence-electron chi connectivity index (χ0n) is 15.0. The Labute approximate surface area is 159 Å². The van der Waals surface area contributed by atoms with Gasteiger partial charge in [-0.3, -0.25) is 4.99 Å². The molecule has 3 rings (SSSR count). The standard InChI is InChI=1S/C18H34N4.HI/c1-3-19-17(20-14-16-6-11-21(2)12-7-16)22-13-10-18(15-22)8-4-5-9-18;/h16H,3-15H2,1-2H3,(H,19,20);1H. The fraction of sp³-hybridized carbons (Fsp3) is 0.944. The molecular weight excluding hydrogens is 399 g/mol. The maximum atomic E-state index is 5.01. The van der Waals surface area contributed by atoms with Crippen LogP contribution < -0.4 is 5.32 Å². The Morgan fingerprint density at radius 1 is 1.13 bits per heavy atom. The highest BCUT2D eigenvalue weighted by molar-refractivity contribution is 14.0. The van der Waals surface area contributed by atoms with Gasteiger partial charge in [0.1, 0.15) is 0 Å². The molecule has 1 saturated carbocycles. The van der Waals surface area contributed by atoms with Crippen LogP contribution in [0.2, 0.25) is 0 Å². The van der Waals surface area contributed by atoms with E-state index >= 15 is 0 Å². The first-order valence-corrected chi connectivity index (χ1v) is 9.43. The molecule has 3 fully saturated rings. The lowest BCUT2D eigenvalue weighted by Crippen LogP contribution is -2.41. The van der Waals surface area contributed by atoms with E-state index in [1.807, 2.05) is 0 Å². The molecule has 2 aliphatic heterocycles. The van der Waals surface area contributed by atoms with Crippen molar-refractivity contribution < 1.29 is 0 Å². The topological polar surface area (TPSA) is 30.9 Å². The summed E-state index contributed by atoms with van der Waals surface area (Å²) in [5, 5.41) is 3.54. The van der Waals surface area contributed by atoms with E-state index < -0.39 is 0 Å². The summed E-state index contributed by atoms with van der Waals surface area (Å²) in [6, 6.07) is 0. The number of aliphatic imine (C=N–C) groups is 1. The van der Waals surface area contributed by atoms with Gasteiger partial charge in [-0.2, -0.15) is 0 Å². The zero-order chi connectivity index (χ0) is 15.4. The first-order valence-electron chi connectivity index (χ1n) is 9.43. The molecule has 3 aliphatic rings. The van der Waals surface area contributed by atoms with Gasteiger partial charge in [0.25, 0.3) is 0 Å². The predicted octanol–water partition coefficient (Wildman–Crippen LogP) is 3.18. The molecular formula is C18H35IN4. The lowest BCUT2D eigenvalue weighted by atomic mass is 9.86. The lowest BCUT2D eigenvalue weighted by Gasteiger charge is -2.29. The molecule has 0 aromatic heterocycles. The van der Waals surface area contributed by atoms with E-state index in [4.69, 9.17) is 4.99 Å². The molecule has 1 aliphatic carbocycles. The van der Waals surface area contributed by atoms with Crippen molar-refractivity contribution in [2.75, 3.05) is 46.3 Å². The van der Waals surface area contributed by atoms with Gasteiger partial charge in [-0.15, -0.1) is 24.0 Å². The normalized spacial score (nSPS) is 25.8. The maximum absolute atomic E-state index is 5.01. The molecule has 4 nitrogen and oxygen atoms in total. The Hall–Kier alpha value is -0.0400. The Morgan fingerprint density at radius 2 is 1.83 bits per heavy atom. The van der Waals surface area contributed by atoms with Gasteiger partial charge in [-0.05, 0) is 70.5 Å². The molecule has 1 spiro atoms. The van der Waals surface area contributed by atoms with Crippen LogP contribution in [0.3, 0.4) is 0 Å². The van der Waals surface area contributed by atoms with Crippen molar-refractivity contribution in [1.82, 2.24) is 15.1 Å². The maximum Gasteiger partial charge on any atom is 0.193 e. The number of likely N-dealkylation sites (tertiary alicyclic amines) is 2. The van der Waals surface area contributed by atoms with Crippen molar-refractivity contribution in [2.45, 2.75) is 51.9 Å². The Bertz CT molecular complexity index is 384. The van der Waals surface area contributed by atoms with Crippen LogP contribution in [-0.2, 0) is 0 Å². The summed E-state index contributed by atoms with van der Waals surface area (Å²) in [5.41, 5.74) is 0.629. The van der Waals surface area contributed by atoms with Gasteiger partial charge in [0.05, 0.1) is 0 Å². The van der Waals surface area contributed by atoms with E-state index in [1.54, 1.807) is 0 Å². The van der Waals surface area contributed by atoms with E-state index in [0.29, 0.717) is 5.41 Å². The van der Waals surface area contributed by atoms with E-state index in [-0.39, 0.29) is 24.0 Å². The minimum absolute atomic E-state index is 0. The van der Waals surface area contributed by atoms with Crippen LogP contribution in [0.4, 0.5) is 0 Å². The Kier molecular flexibility index (Phi) is 7.45. The molecule has 0 unspecified atom stereocenters. The van der Waals surface area contributed by atoms with E-state index in [1.165, 1.54) is 77.1 Å². The van der Waals surface area contributed by atoms with E-state index in [2.05, 4.69) is 29.1 Å². The van der Waals surface area contributed by atoms with Crippen LogP contribution in [0.5, 0.6) is 0 Å². The Morgan fingerprint density at radius 3 is 2.48 bits per heavy atom. The second-order valence-electron chi connectivity index (χ2n) is 7.82. The van der Waals surface area contributed by atoms with Crippen molar-refractivity contribution in [3.8, 4) is 0 Å². The molecule has 23 heavy (non-hydrogen) atoms. The average molecular weight is 434 g/mol. The highest BCUT2D eigenvalue weighted by atomic mass is 127. The summed E-state index contributed by atoms with van der Waals surface area (Å²) in [6.07, 6.45) is 9.77. The monoisotopic (exact) mass is 434 g/mol. The third-order valence-electron chi connectivity index (χ3n) is 6.07. The molecule has 0 atom stereocenters. The number of nitrogens with one attached hydrogen (secondary N) is 1. The predicted molar refractivity (Wildman–Crippen MR) is 109 cm³/mol. The SMILES string of the molecule is CCNC(=NCC1CCN(C)CC1)N1CCC2(CCCC2)C1.I. The van der Waals surface area contributed by atoms with Gasteiger partial charge in [0.15, 0.2) is 5.96 Å². The largest absolute Gasteiger partial charge is 0.357 e. The molecule has 0 aromatic carbocycles. The number of guanidine groups is 1. The highest BCUT2D eigenvalue weighted by Gasteiger charge is 2.41. The molecule has 2 heterocycles. The van der Waals surface area contributed by atoms with Gasteiger partial charge in [0.2, 0.25) is 0 Å². The molecule has 134 valence electrons. The minimum atomic E-state index is 0. The van der Waals surface area contributed by atoms with Crippen LogP contribution >= 0.6 is 24.0 Å². The van der Waals surface area contributed by atoms with Crippen LogP contribution in [0.1, 0.15) is 51.9 Å². The fourth-order valence-electron chi connectivity index (χ4n) is 4.54. The number of hydrogen-bond acceptors (Lipinski definition) is 2. The minimum Gasteiger partial charge on any atom is -0.357 e. The molecule has 1 N–H and O–H groups in total. The van der Waals surface area contributed by atoms with Crippen LogP contribution in [0.15, 0.2) is 4.99 Å². The molecule has 0 amide bonds. The summed E-state index contributed by atoms with van der Waals surface area (Å²) in [6.45, 7) is 9.11. The van der Waals surface area contributed by atoms with Crippen molar-refractivity contribution in [3.05, 3.63) is 0 Å². The van der Waals surface area contributed by atoms with Crippen LogP contribution in [0.25, 0.3) is 0 Å². The molecule has 5 heteroatoms. The van der Waals surface area contributed by atoms with Gasteiger partial charge >= 0.3 is 0 Å². The third-order valence-corrected chi connectivity index (χ3v) is 6.07. The summed E-state index contributed by atoms with van der Waals surface area (Å²) in [4.78, 5) is 10.00. The third kappa shape index (κ3) is 4.97. The first kappa shape index (κ1) is 19.3. The fourth-order valence-corrected chi connectivity index (χ4v) is 4.54. The van der Waals surface area contributed by atoms with Gasteiger partial charge in [-0.25, -0.2) is 0 Å².